The van der Waals surface area contributed by atoms with E-state index in [-0.39, 0.29) is 10.5 Å². The number of hydrogen-bond donors (Lipinski definition) is 2. The average molecular weight is 278 g/mol. The van der Waals surface area contributed by atoms with Gasteiger partial charge < -0.3 is 9.84 Å². The van der Waals surface area contributed by atoms with Gasteiger partial charge in [-0.3, -0.25) is 9.89 Å². The van der Waals surface area contributed by atoms with Crippen LogP contribution in [-0.4, -0.2) is 33.3 Å². The van der Waals surface area contributed by atoms with Crippen LogP contribution in [0.5, 0.6) is 11.5 Å². The summed E-state index contributed by atoms with van der Waals surface area (Å²) in [7, 11) is 1.44. The second-order valence-corrected chi connectivity index (χ2v) is 3.89. The van der Waals surface area contributed by atoms with Gasteiger partial charge >= 0.3 is 0 Å². The molecule has 2 aromatic rings. The van der Waals surface area contributed by atoms with Gasteiger partial charge in [0, 0.05) is 0 Å². The van der Waals surface area contributed by atoms with E-state index in [0.717, 1.165) is 10.9 Å². The fourth-order valence-corrected chi connectivity index (χ4v) is 1.54. The van der Waals surface area contributed by atoms with Gasteiger partial charge in [-0.15, -0.1) is 0 Å². The van der Waals surface area contributed by atoms with E-state index in [1.807, 2.05) is 0 Å². The van der Waals surface area contributed by atoms with E-state index in [0.29, 0.717) is 11.3 Å². The molecule has 0 aliphatic carbocycles. The molecule has 0 saturated heterocycles. The van der Waals surface area contributed by atoms with E-state index >= 15 is 0 Å². The Hall–Kier alpha value is -2.48. The Morgan fingerprint density at radius 2 is 2.37 bits per heavy atom. The van der Waals surface area contributed by atoms with Crippen LogP contribution in [0.4, 0.5) is 0 Å². The molecule has 8 heteroatoms. The number of ether oxygens (including phenoxy) is 1. The first-order valence-electron chi connectivity index (χ1n) is 5.20. The number of nitrogens with one attached hydrogen (secondary N) is 1. The van der Waals surface area contributed by atoms with Gasteiger partial charge in [0.05, 0.1) is 13.3 Å². The van der Waals surface area contributed by atoms with Gasteiger partial charge in [0.25, 0.3) is 5.56 Å². The zero-order chi connectivity index (χ0) is 13.8. The molecule has 0 aliphatic heterocycles. The zero-order valence-electron chi connectivity index (χ0n) is 9.90. The van der Waals surface area contributed by atoms with Crippen molar-refractivity contribution in [2.24, 2.45) is 5.10 Å². The second-order valence-electron chi connectivity index (χ2n) is 3.50. The number of aromatic hydroxyl groups is 1. The van der Waals surface area contributed by atoms with Gasteiger partial charge in [0.15, 0.2) is 11.5 Å². The van der Waals surface area contributed by atoms with Crippen molar-refractivity contribution < 1.29 is 9.84 Å². The molecule has 0 aliphatic rings. The van der Waals surface area contributed by atoms with Crippen molar-refractivity contribution in [1.82, 2.24) is 14.9 Å². The monoisotopic (exact) mass is 278 g/mol. The van der Waals surface area contributed by atoms with Gasteiger partial charge in [-0.25, -0.2) is 0 Å². The molecular formula is C11H10N4O3S. The third kappa shape index (κ3) is 2.86. The van der Waals surface area contributed by atoms with Crippen LogP contribution in [0.1, 0.15) is 5.56 Å². The lowest BCUT2D eigenvalue weighted by Gasteiger charge is -2.03. The lowest BCUT2D eigenvalue weighted by atomic mass is 10.2. The molecule has 1 aromatic carbocycles. The summed E-state index contributed by atoms with van der Waals surface area (Å²) in [4.78, 5) is 11.5. The Morgan fingerprint density at radius 3 is 3.05 bits per heavy atom. The Bertz CT molecular complexity index is 707. The second kappa shape index (κ2) is 5.44. The Morgan fingerprint density at radius 1 is 1.58 bits per heavy atom. The summed E-state index contributed by atoms with van der Waals surface area (Å²) < 4.78 is 6.06. The number of benzene rings is 1. The zero-order valence-corrected chi connectivity index (χ0v) is 10.7. The van der Waals surface area contributed by atoms with Crippen LogP contribution in [0.3, 0.4) is 0 Å². The number of nitrogens with zero attached hydrogens (tertiary/aromatic N) is 3. The summed E-state index contributed by atoms with van der Waals surface area (Å²) in [5, 5.41) is 19.4. The fourth-order valence-electron chi connectivity index (χ4n) is 1.35. The molecule has 0 bridgehead atoms. The fraction of sp³-hybridized carbons (Fsp3) is 0.0909. The highest BCUT2D eigenvalue weighted by molar-refractivity contribution is 7.71. The highest BCUT2D eigenvalue weighted by atomic mass is 32.1. The normalized spacial score (nSPS) is 10.8. The van der Waals surface area contributed by atoms with Crippen LogP contribution in [0.25, 0.3) is 0 Å². The van der Waals surface area contributed by atoms with Gasteiger partial charge in [-0.2, -0.15) is 14.9 Å². The molecule has 0 saturated carbocycles. The van der Waals surface area contributed by atoms with Crippen molar-refractivity contribution in [3.63, 3.8) is 0 Å². The summed E-state index contributed by atoms with van der Waals surface area (Å²) >= 11 is 4.89. The molecule has 2 rings (SSSR count). The number of methoxy groups -OCH3 is 1. The maximum absolute atomic E-state index is 11.5. The quantitative estimate of drug-likeness (QED) is 0.642. The lowest BCUT2D eigenvalue weighted by molar-refractivity contribution is 0.373. The van der Waals surface area contributed by atoms with Crippen LogP contribution in [-0.2, 0) is 0 Å². The smallest absolute Gasteiger partial charge is 0.293 e. The molecule has 0 amide bonds. The van der Waals surface area contributed by atoms with E-state index in [1.54, 1.807) is 12.1 Å². The number of aromatic nitrogens is 3. The van der Waals surface area contributed by atoms with Crippen LogP contribution < -0.4 is 10.3 Å². The van der Waals surface area contributed by atoms with E-state index in [2.05, 4.69) is 15.3 Å². The lowest BCUT2D eigenvalue weighted by Crippen LogP contribution is -2.18. The van der Waals surface area contributed by atoms with Crippen LogP contribution >= 0.6 is 12.2 Å². The first kappa shape index (κ1) is 13.0. The minimum atomic E-state index is -0.439. The number of aromatic amines is 1. The number of phenols is 1. The van der Waals surface area contributed by atoms with Gasteiger partial charge in [-0.1, -0.05) is 0 Å². The molecule has 0 atom stereocenters. The Labute approximate surface area is 112 Å². The summed E-state index contributed by atoms with van der Waals surface area (Å²) in [6.45, 7) is 0. The molecule has 0 unspecified atom stereocenters. The van der Waals surface area contributed by atoms with Crippen LogP contribution in [0.2, 0.25) is 0 Å². The molecule has 1 heterocycles. The van der Waals surface area contributed by atoms with Crippen LogP contribution in [0, 0.1) is 4.77 Å². The van der Waals surface area contributed by atoms with Crippen molar-refractivity contribution >= 4 is 18.4 Å². The van der Waals surface area contributed by atoms with E-state index in [9.17, 15) is 9.90 Å². The van der Waals surface area contributed by atoms with Crippen molar-refractivity contribution in [2.45, 2.75) is 0 Å². The molecule has 2 N–H and O–H groups in total. The molecule has 0 radical (unpaired) electrons. The van der Waals surface area contributed by atoms with Gasteiger partial charge in [0.1, 0.15) is 6.20 Å². The molecule has 0 fully saturated rings. The Kier molecular flexibility index (Phi) is 3.71. The maximum Gasteiger partial charge on any atom is 0.293 e. The molecule has 98 valence electrons. The van der Waals surface area contributed by atoms with Gasteiger partial charge in [-0.05, 0) is 36.0 Å². The van der Waals surface area contributed by atoms with E-state index in [4.69, 9.17) is 17.0 Å². The summed E-state index contributed by atoms with van der Waals surface area (Å²) in [6, 6.07) is 4.68. The molecule has 0 spiro atoms. The third-order valence-electron chi connectivity index (χ3n) is 2.26. The summed E-state index contributed by atoms with van der Waals surface area (Å²) in [5.74, 6) is 0.342. The first-order valence-corrected chi connectivity index (χ1v) is 5.61. The number of phenolic OH excluding ortho intramolecular Hbond substituents is 1. The predicted octanol–water partition coefficient (Wildman–Crippen LogP) is 0.897. The van der Waals surface area contributed by atoms with Crippen molar-refractivity contribution in [1.29, 1.82) is 0 Å². The minimum Gasteiger partial charge on any atom is -0.504 e. The van der Waals surface area contributed by atoms with Crippen molar-refractivity contribution in [3.8, 4) is 11.5 Å². The van der Waals surface area contributed by atoms with Crippen molar-refractivity contribution in [3.05, 3.63) is 45.1 Å². The van der Waals surface area contributed by atoms with Gasteiger partial charge in [0.2, 0.25) is 4.77 Å². The third-order valence-corrected chi connectivity index (χ3v) is 2.53. The molecular weight excluding hydrogens is 268 g/mol. The molecule has 19 heavy (non-hydrogen) atoms. The predicted molar refractivity (Wildman–Crippen MR) is 71.3 cm³/mol. The topological polar surface area (TPSA) is 92.5 Å². The highest BCUT2D eigenvalue weighted by Crippen LogP contribution is 2.25. The Balaban J connectivity index is 2.38. The van der Waals surface area contributed by atoms with E-state index < -0.39 is 5.56 Å². The summed E-state index contributed by atoms with van der Waals surface area (Å²) in [6.07, 6.45) is 2.50. The summed E-state index contributed by atoms with van der Waals surface area (Å²) in [5.41, 5.74) is 0.207. The largest absolute Gasteiger partial charge is 0.504 e. The SMILES string of the molecule is COc1cc(/C=N\n2c(=O)cn[nH]c2=S)ccc1O. The van der Waals surface area contributed by atoms with Crippen LogP contribution in [0.15, 0.2) is 34.3 Å². The van der Waals surface area contributed by atoms with E-state index in [1.165, 1.54) is 19.4 Å². The number of H-pyrrole nitrogens is 1. The average Bonchev–Trinajstić information content (AvgIpc) is 2.40. The highest BCUT2D eigenvalue weighted by Gasteiger charge is 2.01. The molecule has 1 aromatic heterocycles. The minimum absolute atomic E-state index is 0.0259. The molecule has 7 nitrogen and oxygen atoms in total. The number of hydrogen-bond acceptors (Lipinski definition) is 6. The number of rotatable bonds is 3. The first-order chi connectivity index (χ1) is 9.11. The standard InChI is InChI=1S/C11H10N4O3S/c1-18-9-4-7(2-3-8(9)16)5-13-15-10(17)6-12-14-11(15)19/h2-6,16H,1H3,(H,14,19)/b13-5-. The van der Waals surface area contributed by atoms with Crippen molar-refractivity contribution in [2.75, 3.05) is 7.11 Å². The maximum atomic E-state index is 11.5.